The molecule has 0 amide bonds. The first kappa shape index (κ1) is 23.6. The first-order valence-corrected chi connectivity index (χ1v) is 12.9. The number of benzene rings is 4. The third kappa shape index (κ3) is 5.75. The summed E-state index contributed by atoms with van der Waals surface area (Å²) in [6.45, 7) is 2.14. The quantitative estimate of drug-likeness (QED) is 0.245. The molecule has 0 heterocycles. The van der Waals surface area contributed by atoms with Crippen molar-refractivity contribution in [2.45, 2.75) is 32.6 Å². The van der Waals surface area contributed by atoms with E-state index in [-0.39, 0.29) is 0 Å². The lowest BCUT2D eigenvalue weighted by Gasteiger charge is -2.30. The van der Waals surface area contributed by atoms with Gasteiger partial charge < -0.3 is 4.90 Å². The minimum Gasteiger partial charge on any atom is -0.310 e. The van der Waals surface area contributed by atoms with E-state index in [0.717, 1.165) is 6.42 Å². The maximum atomic E-state index is 2.42. The average Bonchev–Trinajstić information content (AvgIpc) is 2.93. The first-order chi connectivity index (χ1) is 17.8. The van der Waals surface area contributed by atoms with Gasteiger partial charge in [0.15, 0.2) is 0 Å². The molecule has 0 atom stereocenters. The van der Waals surface area contributed by atoms with E-state index in [1.54, 1.807) is 0 Å². The van der Waals surface area contributed by atoms with Crippen LogP contribution in [0, 0.1) is 6.92 Å². The number of hydrogen-bond donors (Lipinski definition) is 0. The fourth-order valence-electron chi connectivity index (χ4n) is 4.85. The molecule has 0 saturated heterocycles. The van der Waals surface area contributed by atoms with Crippen molar-refractivity contribution < 1.29 is 0 Å². The number of allylic oxidation sites excluding steroid dienone is 4. The lowest BCUT2D eigenvalue weighted by Crippen LogP contribution is -2.15. The van der Waals surface area contributed by atoms with Gasteiger partial charge in [0.2, 0.25) is 0 Å². The van der Waals surface area contributed by atoms with Gasteiger partial charge in [-0.15, -0.1) is 0 Å². The topological polar surface area (TPSA) is 3.24 Å². The maximum absolute atomic E-state index is 2.42. The molecule has 5 rings (SSSR count). The normalized spacial score (nSPS) is 13.5. The van der Waals surface area contributed by atoms with Gasteiger partial charge in [0.1, 0.15) is 0 Å². The molecular formula is C35H33N. The number of hydrogen-bond acceptors (Lipinski definition) is 1. The Morgan fingerprint density at radius 1 is 0.556 bits per heavy atom. The Balaban J connectivity index is 1.37. The second-order valence-electron chi connectivity index (χ2n) is 9.40. The van der Waals surface area contributed by atoms with Crippen LogP contribution in [0.25, 0.3) is 12.2 Å². The minimum absolute atomic E-state index is 1.15. The third-order valence-electron chi connectivity index (χ3n) is 6.77. The van der Waals surface area contributed by atoms with Gasteiger partial charge in [0, 0.05) is 17.1 Å². The predicted molar refractivity (Wildman–Crippen MR) is 156 cm³/mol. The van der Waals surface area contributed by atoms with Gasteiger partial charge in [0.25, 0.3) is 0 Å². The minimum atomic E-state index is 1.15. The molecular weight excluding hydrogens is 434 g/mol. The average molecular weight is 468 g/mol. The molecule has 0 N–H and O–H groups in total. The molecule has 0 fully saturated rings. The Morgan fingerprint density at radius 3 is 1.86 bits per heavy atom. The van der Waals surface area contributed by atoms with Crippen LogP contribution in [-0.2, 0) is 12.8 Å². The van der Waals surface area contributed by atoms with Crippen LogP contribution < -0.4 is 4.90 Å². The first-order valence-electron chi connectivity index (χ1n) is 12.9. The van der Waals surface area contributed by atoms with E-state index in [1.807, 2.05) is 6.07 Å². The molecule has 4 aromatic carbocycles. The molecule has 0 aliphatic heterocycles. The van der Waals surface area contributed by atoms with Crippen molar-refractivity contribution >= 4 is 29.2 Å². The third-order valence-corrected chi connectivity index (χ3v) is 6.77. The zero-order chi connectivity index (χ0) is 24.6. The van der Waals surface area contributed by atoms with E-state index in [2.05, 4.69) is 139 Å². The zero-order valence-electron chi connectivity index (χ0n) is 21.0. The molecule has 1 heteroatoms. The highest BCUT2D eigenvalue weighted by atomic mass is 15.1. The molecule has 1 aliphatic carbocycles. The van der Waals surface area contributed by atoms with Crippen molar-refractivity contribution in [3.63, 3.8) is 0 Å². The van der Waals surface area contributed by atoms with E-state index in [1.165, 1.54) is 64.1 Å². The van der Waals surface area contributed by atoms with Crippen LogP contribution in [0.1, 0.15) is 40.7 Å². The van der Waals surface area contributed by atoms with Crippen LogP contribution in [-0.4, -0.2) is 0 Å². The van der Waals surface area contributed by atoms with Gasteiger partial charge in [-0.25, -0.2) is 0 Å². The Morgan fingerprint density at radius 2 is 1.17 bits per heavy atom. The Labute approximate surface area is 215 Å². The Kier molecular flexibility index (Phi) is 7.58. The number of aryl methyl sites for hydroxylation is 2. The molecule has 0 saturated carbocycles. The SMILES string of the molecule is Cc1ccc(N(c2ccc(/C=C/C=C/C=C/c3ccccc3)cc2)c2cccc3c2CCCC3)cc1. The van der Waals surface area contributed by atoms with Crippen molar-refractivity contribution in [2.24, 2.45) is 0 Å². The molecule has 4 aromatic rings. The summed E-state index contributed by atoms with van der Waals surface area (Å²) in [7, 11) is 0. The van der Waals surface area contributed by atoms with Crippen LogP contribution in [0.5, 0.6) is 0 Å². The van der Waals surface area contributed by atoms with Crippen molar-refractivity contribution in [3.8, 4) is 0 Å². The van der Waals surface area contributed by atoms with Crippen LogP contribution in [0.2, 0.25) is 0 Å². The van der Waals surface area contributed by atoms with E-state index < -0.39 is 0 Å². The van der Waals surface area contributed by atoms with Gasteiger partial charge in [-0.05, 0) is 85.2 Å². The number of fused-ring (bicyclic) bond motifs is 1. The molecule has 0 bridgehead atoms. The highest BCUT2D eigenvalue weighted by molar-refractivity contribution is 5.79. The summed E-state index contributed by atoms with van der Waals surface area (Å²) < 4.78 is 0. The fourth-order valence-corrected chi connectivity index (χ4v) is 4.85. The summed E-state index contributed by atoms with van der Waals surface area (Å²) in [4.78, 5) is 2.42. The molecule has 0 unspecified atom stereocenters. The molecule has 0 spiro atoms. The van der Waals surface area contributed by atoms with Gasteiger partial charge in [0.05, 0.1) is 0 Å². The molecule has 36 heavy (non-hydrogen) atoms. The Bertz CT molecular complexity index is 1360. The lowest BCUT2D eigenvalue weighted by molar-refractivity contribution is 0.686. The lowest BCUT2D eigenvalue weighted by atomic mass is 9.90. The van der Waals surface area contributed by atoms with E-state index >= 15 is 0 Å². The summed E-state index contributed by atoms with van der Waals surface area (Å²) in [5, 5.41) is 0. The number of nitrogens with zero attached hydrogens (tertiary/aromatic N) is 1. The van der Waals surface area contributed by atoms with Crippen molar-refractivity contribution in [2.75, 3.05) is 4.90 Å². The summed E-state index contributed by atoms with van der Waals surface area (Å²) in [5.41, 5.74) is 10.4. The molecule has 1 aliphatic rings. The predicted octanol–water partition coefficient (Wildman–Crippen LogP) is 9.63. The van der Waals surface area contributed by atoms with E-state index in [9.17, 15) is 0 Å². The van der Waals surface area contributed by atoms with Gasteiger partial charge in [-0.1, -0.05) is 109 Å². The molecule has 178 valence electrons. The molecule has 1 nitrogen and oxygen atoms in total. The van der Waals surface area contributed by atoms with Crippen LogP contribution in [0.15, 0.2) is 121 Å². The highest BCUT2D eigenvalue weighted by Gasteiger charge is 2.19. The fraction of sp³-hybridized carbons (Fsp3) is 0.143. The summed E-state index contributed by atoms with van der Waals surface area (Å²) >= 11 is 0. The van der Waals surface area contributed by atoms with E-state index in [0.29, 0.717) is 0 Å². The standard InChI is InChI=1S/C35H33N/c1-28-20-24-32(25-21-28)36(35-19-11-17-31-16-9-10-18-34(31)35)33-26-22-30(23-27-33)15-6-3-2-5-12-29-13-7-4-8-14-29/h2-8,11-15,17,19-27H,9-10,16,18H2,1H3/b3-2+,12-5+,15-6+. The van der Waals surface area contributed by atoms with Crippen LogP contribution >= 0.6 is 0 Å². The summed E-state index contributed by atoms with van der Waals surface area (Å²) in [6, 6.07) is 34.9. The second kappa shape index (κ2) is 11.6. The van der Waals surface area contributed by atoms with Crippen molar-refractivity contribution in [3.05, 3.63) is 149 Å². The van der Waals surface area contributed by atoms with Crippen LogP contribution in [0.3, 0.4) is 0 Å². The largest absolute Gasteiger partial charge is 0.310 e. The van der Waals surface area contributed by atoms with Crippen molar-refractivity contribution in [1.82, 2.24) is 0 Å². The van der Waals surface area contributed by atoms with E-state index in [4.69, 9.17) is 0 Å². The highest BCUT2D eigenvalue weighted by Crippen LogP contribution is 2.40. The van der Waals surface area contributed by atoms with Gasteiger partial charge in [-0.2, -0.15) is 0 Å². The van der Waals surface area contributed by atoms with Gasteiger partial charge >= 0.3 is 0 Å². The Hall–Kier alpha value is -4.10. The monoisotopic (exact) mass is 467 g/mol. The summed E-state index contributed by atoms with van der Waals surface area (Å²) in [6.07, 6.45) is 17.5. The molecule has 0 radical (unpaired) electrons. The van der Waals surface area contributed by atoms with Crippen molar-refractivity contribution in [1.29, 1.82) is 0 Å². The zero-order valence-corrected chi connectivity index (χ0v) is 21.0. The van der Waals surface area contributed by atoms with Gasteiger partial charge in [-0.3, -0.25) is 0 Å². The number of rotatable bonds is 7. The molecule has 0 aromatic heterocycles. The maximum Gasteiger partial charge on any atom is 0.0496 e. The van der Waals surface area contributed by atoms with Crippen LogP contribution in [0.4, 0.5) is 17.1 Å². The second-order valence-corrected chi connectivity index (χ2v) is 9.40. The summed E-state index contributed by atoms with van der Waals surface area (Å²) in [5.74, 6) is 0. The smallest absolute Gasteiger partial charge is 0.0496 e. The number of anilines is 3.